The molecule has 134 valence electrons. The first-order valence-electron chi connectivity index (χ1n) is 9.11. The van der Waals surface area contributed by atoms with Crippen LogP contribution in [0, 0.1) is 0 Å². The van der Waals surface area contributed by atoms with Gasteiger partial charge in [-0.2, -0.15) is 0 Å². The van der Waals surface area contributed by atoms with Crippen LogP contribution in [0.15, 0.2) is 55.2 Å². The summed E-state index contributed by atoms with van der Waals surface area (Å²) in [5.41, 5.74) is 2.88. The monoisotopic (exact) mass is 349 g/mol. The molecule has 1 aromatic carbocycles. The normalized spacial score (nSPS) is 17.9. The van der Waals surface area contributed by atoms with Crippen LogP contribution < -0.4 is 0 Å². The molecule has 0 spiro atoms. The lowest BCUT2D eigenvalue weighted by molar-refractivity contribution is 0.0674. The summed E-state index contributed by atoms with van der Waals surface area (Å²) in [5.74, 6) is 0.105. The van der Waals surface area contributed by atoms with Gasteiger partial charge in [0.05, 0.1) is 6.04 Å². The fourth-order valence-electron chi connectivity index (χ4n) is 3.76. The van der Waals surface area contributed by atoms with Gasteiger partial charge in [-0.15, -0.1) is 10.2 Å². The summed E-state index contributed by atoms with van der Waals surface area (Å²) in [5, 5.41) is 7.64. The fraction of sp³-hybridized carbons (Fsp3) is 0.350. The van der Waals surface area contributed by atoms with Crippen molar-refractivity contribution < 1.29 is 4.79 Å². The number of aromatic nitrogens is 4. The number of carbonyl (C=O) groups is 1. The van der Waals surface area contributed by atoms with Gasteiger partial charge < -0.3 is 9.47 Å². The predicted octanol–water partition coefficient (Wildman–Crippen LogP) is 3.36. The maximum Gasteiger partial charge on any atom is 0.254 e. The third-order valence-corrected chi connectivity index (χ3v) is 5.17. The first-order valence-corrected chi connectivity index (χ1v) is 9.11. The van der Waals surface area contributed by atoms with E-state index < -0.39 is 0 Å². The zero-order chi connectivity index (χ0) is 17.9. The van der Waals surface area contributed by atoms with Crippen molar-refractivity contribution in [2.45, 2.75) is 31.7 Å². The Bertz CT molecular complexity index is 866. The van der Waals surface area contributed by atoms with Crippen molar-refractivity contribution in [1.82, 2.24) is 24.2 Å². The van der Waals surface area contributed by atoms with Crippen LogP contribution in [0.25, 0.3) is 5.69 Å². The van der Waals surface area contributed by atoms with Crippen LogP contribution in [0.3, 0.4) is 0 Å². The zero-order valence-corrected chi connectivity index (χ0v) is 15.0. The van der Waals surface area contributed by atoms with E-state index >= 15 is 0 Å². The molecular weight excluding hydrogens is 326 g/mol. The summed E-state index contributed by atoms with van der Waals surface area (Å²) in [6.07, 6.45) is 9.77. The quantitative estimate of drug-likeness (QED) is 0.728. The predicted molar refractivity (Wildman–Crippen MR) is 99.0 cm³/mol. The molecular formula is C20H23N5O. The Balaban J connectivity index is 1.61. The number of likely N-dealkylation sites (tertiary alicyclic amines) is 1. The number of nitrogens with zero attached hydrogens (tertiary/aromatic N) is 5. The molecule has 1 aliphatic heterocycles. The van der Waals surface area contributed by atoms with Crippen LogP contribution in [0.5, 0.6) is 0 Å². The van der Waals surface area contributed by atoms with Crippen LogP contribution in [-0.4, -0.2) is 36.7 Å². The average Bonchev–Trinajstić information content (AvgIpc) is 3.29. The molecule has 1 fully saturated rings. The van der Waals surface area contributed by atoms with Crippen molar-refractivity contribution in [2.24, 2.45) is 7.05 Å². The topological polar surface area (TPSA) is 56.0 Å². The molecule has 1 aliphatic rings. The van der Waals surface area contributed by atoms with E-state index in [-0.39, 0.29) is 11.9 Å². The number of aryl methyl sites for hydroxylation is 1. The van der Waals surface area contributed by atoms with Gasteiger partial charge in [0.2, 0.25) is 0 Å². The first kappa shape index (κ1) is 16.6. The van der Waals surface area contributed by atoms with Crippen LogP contribution in [0.4, 0.5) is 0 Å². The molecule has 1 amide bonds. The van der Waals surface area contributed by atoms with Gasteiger partial charge >= 0.3 is 0 Å². The third kappa shape index (κ3) is 3.14. The van der Waals surface area contributed by atoms with Crippen molar-refractivity contribution in [3.63, 3.8) is 0 Å². The molecule has 26 heavy (non-hydrogen) atoms. The summed E-state index contributed by atoms with van der Waals surface area (Å²) in [6, 6.07) is 12.0. The summed E-state index contributed by atoms with van der Waals surface area (Å²) < 4.78 is 3.96. The molecule has 0 aliphatic carbocycles. The maximum absolute atomic E-state index is 13.3. The lowest BCUT2D eigenvalue weighted by Gasteiger charge is -2.31. The average molecular weight is 349 g/mol. The van der Waals surface area contributed by atoms with Gasteiger partial charge in [0, 0.05) is 36.7 Å². The van der Waals surface area contributed by atoms with E-state index in [9.17, 15) is 4.79 Å². The highest BCUT2D eigenvalue weighted by Gasteiger charge is 2.28. The molecule has 6 heteroatoms. The Kier molecular flexibility index (Phi) is 4.56. The molecule has 1 saturated heterocycles. The first-order chi connectivity index (χ1) is 12.7. The molecule has 4 rings (SSSR count). The maximum atomic E-state index is 13.3. The van der Waals surface area contributed by atoms with E-state index in [1.54, 1.807) is 12.7 Å². The van der Waals surface area contributed by atoms with Gasteiger partial charge in [-0.1, -0.05) is 12.8 Å². The van der Waals surface area contributed by atoms with E-state index in [2.05, 4.69) is 45.0 Å². The van der Waals surface area contributed by atoms with Gasteiger partial charge in [0.25, 0.3) is 5.91 Å². The summed E-state index contributed by atoms with van der Waals surface area (Å²) in [7, 11) is 2.05. The molecule has 1 atom stereocenters. The van der Waals surface area contributed by atoms with E-state index in [1.807, 2.05) is 28.8 Å². The van der Waals surface area contributed by atoms with Crippen LogP contribution in [0.1, 0.15) is 47.8 Å². The Labute approximate surface area is 153 Å². The molecule has 3 heterocycles. The third-order valence-electron chi connectivity index (χ3n) is 5.17. The number of hydrogen-bond acceptors (Lipinski definition) is 3. The van der Waals surface area contributed by atoms with Crippen LogP contribution in [-0.2, 0) is 7.05 Å². The minimum atomic E-state index is 0.105. The van der Waals surface area contributed by atoms with Gasteiger partial charge in [-0.05, 0) is 49.2 Å². The van der Waals surface area contributed by atoms with E-state index in [0.717, 1.165) is 37.1 Å². The fourth-order valence-corrected chi connectivity index (χ4v) is 3.76. The van der Waals surface area contributed by atoms with Gasteiger partial charge in [0.1, 0.15) is 12.7 Å². The number of benzene rings is 1. The molecule has 3 aromatic rings. The van der Waals surface area contributed by atoms with E-state index in [4.69, 9.17) is 0 Å². The number of amides is 1. The number of hydrogen-bond donors (Lipinski definition) is 0. The standard InChI is InChI=1S/C20H23N5O/c1-23-12-5-7-18(23)19-6-3-2-4-13-25(19)20(26)16-8-10-17(11-9-16)24-14-21-22-15-24/h5,7-12,14-15,19H,2-4,6,13H2,1H3/t19-/m1/s1. The molecule has 6 nitrogen and oxygen atoms in total. The van der Waals surface area contributed by atoms with Gasteiger partial charge in [-0.25, -0.2) is 0 Å². The molecule has 0 unspecified atom stereocenters. The second kappa shape index (κ2) is 7.15. The van der Waals surface area contributed by atoms with Crippen LogP contribution >= 0.6 is 0 Å². The molecule has 0 radical (unpaired) electrons. The second-order valence-electron chi connectivity index (χ2n) is 6.82. The lowest BCUT2D eigenvalue weighted by Crippen LogP contribution is -2.35. The van der Waals surface area contributed by atoms with Crippen molar-refractivity contribution >= 4 is 5.91 Å². The lowest BCUT2D eigenvalue weighted by atomic mass is 10.1. The Morgan fingerprint density at radius 2 is 1.81 bits per heavy atom. The number of rotatable bonds is 3. The van der Waals surface area contributed by atoms with Crippen molar-refractivity contribution in [2.75, 3.05) is 6.54 Å². The zero-order valence-electron chi connectivity index (χ0n) is 15.0. The Hall–Kier alpha value is -2.89. The summed E-state index contributed by atoms with van der Waals surface area (Å²) in [6.45, 7) is 0.807. The van der Waals surface area contributed by atoms with E-state index in [1.165, 1.54) is 12.1 Å². The molecule has 0 bridgehead atoms. The number of carbonyl (C=O) groups excluding carboxylic acids is 1. The Morgan fingerprint density at radius 1 is 1.04 bits per heavy atom. The van der Waals surface area contributed by atoms with Crippen molar-refractivity contribution in [3.8, 4) is 5.69 Å². The van der Waals surface area contributed by atoms with Crippen molar-refractivity contribution in [1.29, 1.82) is 0 Å². The smallest absolute Gasteiger partial charge is 0.254 e. The minimum Gasteiger partial charge on any atom is -0.353 e. The molecule has 0 saturated carbocycles. The second-order valence-corrected chi connectivity index (χ2v) is 6.82. The largest absolute Gasteiger partial charge is 0.353 e. The highest BCUT2D eigenvalue weighted by molar-refractivity contribution is 5.94. The van der Waals surface area contributed by atoms with Crippen molar-refractivity contribution in [3.05, 3.63) is 66.5 Å². The van der Waals surface area contributed by atoms with Gasteiger partial charge in [0.15, 0.2) is 0 Å². The van der Waals surface area contributed by atoms with E-state index in [0.29, 0.717) is 0 Å². The Morgan fingerprint density at radius 3 is 2.50 bits per heavy atom. The SMILES string of the molecule is Cn1cccc1[C@H]1CCCCCN1C(=O)c1ccc(-n2cnnc2)cc1. The van der Waals surface area contributed by atoms with Crippen LogP contribution in [0.2, 0.25) is 0 Å². The molecule has 0 N–H and O–H groups in total. The summed E-state index contributed by atoms with van der Waals surface area (Å²) >= 11 is 0. The molecule has 2 aromatic heterocycles. The highest BCUT2D eigenvalue weighted by Crippen LogP contribution is 2.31. The van der Waals surface area contributed by atoms with Gasteiger partial charge in [-0.3, -0.25) is 9.36 Å². The summed E-state index contributed by atoms with van der Waals surface area (Å²) in [4.78, 5) is 15.3. The highest BCUT2D eigenvalue weighted by atomic mass is 16.2. The minimum absolute atomic E-state index is 0.105.